The van der Waals surface area contributed by atoms with Gasteiger partial charge in [-0.1, -0.05) is 24.3 Å². The van der Waals surface area contributed by atoms with Crippen LogP contribution in [-0.4, -0.2) is 9.85 Å². The van der Waals surface area contributed by atoms with Crippen LogP contribution in [0.4, 0.5) is 11.4 Å². The number of ether oxygens (including phenoxy) is 1. The van der Waals surface area contributed by atoms with E-state index in [4.69, 9.17) is 4.74 Å². The first-order valence-corrected chi connectivity index (χ1v) is 6.58. The van der Waals surface area contributed by atoms with Crippen molar-refractivity contribution in [2.45, 2.75) is 6.61 Å². The summed E-state index contributed by atoms with van der Waals surface area (Å²) < 4.78 is 5.71. The number of rotatable bonds is 5. The molecule has 0 atom stereocenters. The molecule has 21 heavy (non-hydrogen) atoms. The van der Waals surface area contributed by atoms with Crippen LogP contribution in [-0.2, 0) is 6.61 Å². The van der Waals surface area contributed by atoms with Crippen molar-refractivity contribution in [3.63, 3.8) is 0 Å². The van der Waals surface area contributed by atoms with Gasteiger partial charge in [0.25, 0.3) is 5.69 Å². The van der Waals surface area contributed by atoms with Gasteiger partial charge in [-0.2, -0.15) is 0 Å². The van der Waals surface area contributed by atoms with Crippen molar-refractivity contribution in [2.24, 2.45) is 0 Å². The molecule has 7 nitrogen and oxygen atoms in total. The second-order valence-electron chi connectivity index (χ2n) is 4.02. The molecule has 0 saturated heterocycles. The van der Waals surface area contributed by atoms with E-state index in [1.807, 2.05) is 0 Å². The number of para-hydroxylation sites is 2. The summed E-state index contributed by atoms with van der Waals surface area (Å²) in [6, 6.07) is 10.5. The van der Waals surface area contributed by atoms with E-state index in [-0.39, 0.29) is 23.7 Å². The number of nitro groups is 2. The minimum atomic E-state index is -0.544. The molecule has 8 heteroatoms. The maximum atomic E-state index is 10.9. The van der Waals surface area contributed by atoms with Crippen LogP contribution in [0.15, 0.2) is 46.9 Å². The number of hydrogen-bond acceptors (Lipinski definition) is 5. The van der Waals surface area contributed by atoms with E-state index in [1.165, 1.54) is 30.3 Å². The Morgan fingerprint density at radius 3 is 2.24 bits per heavy atom. The molecule has 0 spiro atoms. The van der Waals surface area contributed by atoms with Gasteiger partial charge in [0.15, 0.2) is 5.75 Å². The van der Waals surface area contributed by atoms with Gasteiger partial charge in [0.2, 0.25) is 0 Å². The number of benzene rings is 2. The number of nitro benzene ring substituents is 2. The molecule has 108 valence electrons. The lowest BCUT2D eigenvalue weighted by molar-refractivity contribution is -0.386. The van der Waals surface area contributed by atoms with Crippen LogP contribution in [0.5, 0.6) is 5.75 Å². The molecule has 0 N–H and O–H groups in total. The number of halogens is 1. The van der Waals surface area contributed by atoms with E-state index >= 15 is 0 Å². The number of nitrogens with zero attached hydrogens (tertiary/aromatic N) is 2. The summed E-state index contributed by atoms with van der Waals surface area (Å²) >= 11 is 3.15. The second kappa shape index (κ2) is 6.31. The highest BCUT2D eigenvalue weighted by Gasteiger charge is 2.17. The molecular weight excluding hydrogens is 344 g/mol. The van der Waals surface area contributed by atoms with Crippen molar-refractivity contribution in [3.8, 4) is 5.75 Å². The molecule has 0 radical (unpaired) electrons. The van der Waals surface area contributed by atoms with Crippen molar-refractivity contribution in [3.05, 3.63) is 72.7 Å². The van der Waals surface area contributed by atoms with Crippen LogP contribution in [0.1, 0.15) is 5.56 Å². The van der Waals surface area contributed by atoms with Crippen molar-refractivity contribution in [2.75, 3.05) is 0 Å². The molecule has 2 aromatic carbocycles. The third-order valence-electron chi connectivity index (χ3n) is 2.70. The minimum absolute atomic E-state index is 0.0207. The Hall–Kier alpha value is -2.48. The van der Waals surface area contributed by atoms with E-state index in [2.05, 4.69) is 15.9 Å². The molecule has 0 unspecified atom stereocenters. The summed E-state index contributed by atoms with van der Waals surface area (Å²) in [6.45, 7) is -0.0207. The molecule has 0 bridgehead atoms. The molecule has 0 aliphatic carbocycles. The zero-order valence-electron chi connectivity index (χ0n) is 10.6. The number of hydrogen-bond donors (Lipinski definition) is 0. The van der Waals surface area contributed by atoms with Gasteiger partial charge in [-0.05, 0) is 22.0 Å². The summed E-state index contributed by atoms with van der Waals surface area (Å²) in [5.74, 6) is 0.112. The Kier molecular flexibility index (Phi) is 4.49. The quantitative estimate of drug-likeness (QED) is 0.601. The fraction of sp³-hybridized carbons (Fsp3) is 0.0769. The maximum absolute atomic E-state index is 10.9. The zero-order valence-corrected chi connectivity index (χ0v) is 12.1. The smallest absolute Gasteiger partial charge is 0.310 e. The molecule has 2 aromatic rings. The topological polar surface area (TPSA) is 95.5 Å². The van der Waals surface area contributed by atoms with Crippen LogP contribution in [0, 0.1) is 20.2 Å². The third-order valence-corrected chi connectivity index (χ3v) is 3.62. The fourth-order valence-electron chi connectivity index (χ4n) is 1.70. The van der Waals surface area contributed by atoms with Crippen LogP contribution in [0.2, 0.25) is 0 Å². The Balaban J connectivity index is 2.23. The third kappa shape index (κ3) is 3.34. The molecule has 0 aliphatic heterocycles. The highest BCUT2D eigenvalue weighted by atomic mass is 79.9. The molecule has 2 rings (SSSR count). The van der Waals surface area contributed by atoms with Crippen LogP contribution in [0.3, 0.4) is 0 Å². The Morgan fingerprint density at radius 2 is 1.57 bits per heavy atom. The Labute approximate surface area is 127 Å². The maximum Gasteiger partial charge on any atom is 0.310 e. The van der Waals surface area contributed by atoms with Crippen molar-refractivity contribution in [1.29, 1.82) is 0 Å². The highest BCUT2D eigenvalue weighted by Crippen LogP contribution is 2.31. The largest absolute Gasteiger partial charge is 0.482 e. The van der Waals surface area contributed by atoms with Gasteiger partial charge in [-0.3, -0.25) is 20.2 Å². The van der Waals surface area contributed by atoms with Crippen molar-refractivity contribution >= 4 is 27.3 Å². The monoisotopic (exact) mass is 352 g/mol. The van der Waals surface area contributed by atoms with E-state index in [9.17, 15) is 20.2 Å². The lowest BCUT2D eigenvalue weighted by Crippen LogP contribution is -2.01. The lowest BCUT2D eigenvalue weighted by atomic mass is 10.2. The van der Waals surface area contributed by atoms with Crippen molar-refractivity contribution < 1.29 is 14.6 Å². The SMILES string of the molecule is O=[N+]([O-])c1ccccc1OCc1cccc([N+](=O)[O-])c1Br. The zero-order chi connectivity index (χ0) is 15.4. The second-order valence-corrected chi connectivity index (χ2v) is 4.81. The van der Waals surface area contributed by atoms with Crippen LogP contribution < -0.4 is 4.74 Å². The van der Waals surface area contributed by atoms with Gasteiger partial charge in [0.05, 0.1) is 9.85 Å². The predicted octanol–water partition coefficient (Wildman–Crippen LogP) is 3.84. The van der Waals surface area contributed by atoms with Crippen LogP contribution >= 0.6 is 15.9 Å². The highest BCUT2D eigenvalue weighted by molar-refractivity contribution is 9.10. The van der Waals surface area contributed by atoms with E-state index in [0.29, 0.717) is 10.0 Å². The lowest BCUT2D eigenvalue weighted by Gasteiger charge is -2.08. The molecule has 0 fully saturated rings. The molecule has 0 aliphatic rings. The summed E-state index contributed by atoms with van der Waals surface area (Å²) in [7, 11) is 0. The summed E-state index contributed by atoms with van der Waals surface area (Å²) in [6.07, 6.45) is 0. The average Bonchev–Trinajstić information content (AvgIpc) is 2.46. The van der Waals surface area contributed by atoms with Gasteiger partial charge < -0.3 is 4.74 Å². The van der Waals surface area contributed by atoms with E-state index in [1.54, 1.807) is 12.1 Å². The first-order chi connectivity index (χ1) is 10.0. The first kappa shape index (κ1) is 14.9. The summed E-state index contributed by atoms with van der Waals surface area (Å²) in [4.78, 5) is 20.6. The first-order valence-electron chi connectivity index (χ1n) is 5.78. The average molecular weight is 353 g/mol. The Morgan fingerprint density at radius 1 is 0.952 bits per heavy atom. The molecule has 0 heterocycles. The molecule has 0 saturated carbocycles. The van der Waals surface area contributed by atoms with Crippen LogP contribution in [0.25, 0.3) is 0 Å². The summed E-state index contributed by atoms with van der Waals surface area (Å²) in [5.41, 5.74) is 0.292. The van der Waals surface area contributed by atoms with Gasteiger partial charge in [-0.15, -0.1) is 0 Å². The standard InChI is InChI=1S/C13H9BrN2O5/c14-13-9(4-3-6-11(13)16(19)20)8-21-12-7-2-1-5-10(12)15(17)18/h1-7H,8H2. The minimum Gasteiger partial charge on any atom is -0.482 e. The van der Waals surface area contributed by atoms with Gasteiger partial charge in [0.1, 0.15) is 11.1 Å². The molecular formula is C13H9BrN2O5. The fourth-order valence-corrected chi connectivity index (χ4v) is 2.23. The molecule has 0 aromatic heterocycles. The van der Waals surface area contributed by atoms with E-state index in [0.717, 1.165) is 0 Å². The van der Waals surface area contributed by atoms with Gasteiger partial charge in [-0.25, -0.2) is 0 Å². The summed E-state index contributed by atoms with van der Waals surface area (Å²) in [5, 5.41) is 21.7. The Bertz CT molecular complexity index is 705. The predicted molar refractivity (Wildman–Crippen MR) is 78.2 cm³/mol. The normalized spacial score (nSPS) is 10.1. The van der Waals surface area contributed by atoms with Crippen molar-refractivity contribution in [1.82, 2.24) is 0 Å². The van der Waals surface area contributed by atoms with Gasteiger partial charge >= 0.3 is 5.69 Å². The van der Waals surface area contributed by atoms with Gasteiger partial charge in [0, 0.05) is 17.7 Å². The van der Waals surface area contributed by atoms with E-state index < -0.39 is 9.85 Å². The molecule has 0 amide bonds.